The molecule has 1 aliphatic rings. The lowest BCUT2D eigenvalue weighted by atomic mass is 9.85. The SMILES string of the molecule is CC(=O)O.N[C@@H]1CCC[C@H](c2nnc3cnc4[nH]ccc4n23)C1. The fourth-order valence-electron chi connectivity index (χ4n) is 3.12. The van der Waals surface area contributed by atoms with Gasteiger partial charge in [-0.15, -0.1) is 10.2 Å². The summed E-state index contributed by atoms with van der Waals surface area (Å²) in [6, 6.07) is 2.31. The number of carboxylic acids is 1. The summed E-state index contributed by atoms with van der Waals surface area (Å²) in [5.74, 6) is 0.594. The van der Waals surface area contributed by atoms with Crippen LogP contribution < -0.4 is 5.73 Å². The molecule has 23 heavy (non-hydrogen) atoms. The van der Waals surface area contributed by atoms with Gasteiger partial charge in [-0.3, -0.25) is 9.20 Å². The Balaban J connectivity index is 0.000000354. The quantitative estimate of drug-likeness (QED) is 0.628. The molecule has 0 bridgehead atoms. The van der Waals surface area contributed by atoms with Crippen LogP contribution in [0.3, 0.4) is 0 Å². The number of fused-ring (bicyclic) bond motifs is 3. The van der Waals surface area contributed by atoms with E-state index in [4.69, 9.17) is 15.6 Å². The number of H-pyrrole nitrogens is 1. The Morgan fingerprint density at radius 3 is 2.96 bits per heavy atom. The first-order valence-electron chi connectivity index (χ1n) is 7.68. The Bertz CT molecular complexity index is 820. The molecule has 8 nitrogen and oxygen atoms in total. The lowest BCUT2D eigenvalue weighted by molar-refractivity contribution is -0.134. The van der Waals surface area contributed by atoms with Crippen LogP contribution in [0.25, 0.3) is 16.8 Å². The summed E-state index contributed by atoms with van der Waals surface area (Å²) in [6.07, 6.45) is 8.08. The predicted molar refractivity (Wildman–Crippen MR) is 85.1 cm³/mol. The number of aromatic nitrogens is 5. The molecule has 122 valence electrons. The predicted octanol–water partition coefficient (Wildman–Crippen LogP) is 1.68. The highest BCUT2D eigenvalue weighted by molar-refractivity contribution is 5.74. The highest BCUT2D eigenvalue weighted by atomic mass is 16.4. The van der Waals surface area contributed by atoms with E-state index in [0.29, 0.717) is 5.92 Å². The number of nitrogens with zero attached hydrogens (tertiary/aromatic N) is 4. The Labute approximate surface area is 132 Å². The average molecular weight is 316 g/mol. The highest BCUT2D eigenvalue weighted by Crippen LogP contribution is 2.32. The third-order valence-electron chi connectivity index (χ3n) is 4.05. The van der Waals surface area contributed by atoms with E-state index in [1.165, 1.54) is 6.42 Å². The van der Waals surface area contributed by atoms with Crippen LogP contribution in [0, 0.1) is 0 Å². The maximum atomic E-state index is 9.00. The molecular formula is C15H20N6O2. The standard InChI is InChI=1S/C13H16N6.C2H4O2/c14-9-3-1-2-8(6-9)13-18-17-11-7-16-12-10(19(11)13)4-5-15-12;1-2(3)4/h4-5,7-9,15H,1-3,6,14H2;1H3,(H,3,4)/t8-,9+;/m0./s1. The third-order valence-corrected chi connectivity index (χ3v) is 4.05. The molecule has 2 atom stereocenters. The lowest BCUT2D eigenvalue weighted by Gasteiger charge is -2.25. The minimum absolute atomic E-state index is 0.287. The largest absolute Gasteiger partial charge is 0.481 e. The molecular weight excluding hydrogens is 296 g/mol. The van der Waals surface area contributed by atoms with Crippen molar-refractivity contribution in [2.24, 2.45) is 5.73 Å². The molecule has 0 amide bonds. The van der Waals surface area contributed by atoms with Gasteiger partial charge >= 0.3 is 0 Å². The van der Waals surface area contributed by atoms with Crippen molar-refractivity contribution in [3.05, 3.63) is 24.3 Å². The van der Waals surface area contributed by atoms with Crippen molar-refractivity contribution in [1.82, 2.24) is 24.6 Å². The van der Waals surface area contributed by atoms with Gasteiger partial charge in [0.25, 0.3) is 5.97 Å². The first-order chi connectivity index (χ1) is 11.1. The summed E-state index contributed by atoms with van der Waals surface area (Å²) in [6.45, 7) is 1.08. The molecule has 1 aliphatic carbocycles. The minimum Gasteiger partial charge on any atom is -0.481 e. The first-order valence-corrected chi connectivity index (χ1v) is 7.68. The number of rotatable bonds is 1. The second-order valence-corrected chi connectivity index (χ2v) is 5.86. The maximum Gasteiger partial charge on any atom is 0.300 e. The molecule has 0 saturated heterocycles. The van der Waals surface area contributed by atoms with Crippen molar-refractivity contribution in [1.29, 1.82) is 0 Å². The zero-order chi connectivity index (χ0) is 16.4. The second kappa shape index (κ2) is 6.33. The lowest BCUT2D eigenvalue weighted by Crippen LogP contribution is -2.27. The Hall–Kier alpha value is -2.48. The number of aliphatic carboxylic acids is 1. The van der Waals surface area contributed by atoms with Gasteiger partial charge in [-0.25, -0.2) is 4.98 Å². The van der Waals surface area contributed by atoms with E-state index < -0.39 is 5.97 Å². The first kappa shape index (κ1) is 15.4. The fourth-order valence-corrected chi connectivity index (χ4v) is 3.12. The third kappa shape index (κ3) is 3.16. The Morgan fingerprint density at radius 2 is 2.22 bits per heavy atom. The highest BCUT2D eigenvalue weighted by Gasteiger charge is 2.25. The minimum atomic E-state index is -0.833. The summed E-state index contributed by atoms with van der Waals surface area (Å²) in [4.78, 5) is 16.5. The van der Waals surface area contributed by atoms with E-state index in [1.54, 1.807) is 6.20 Å². The van der Waals surface area contributed by atoms with Gasteiger partial charge in [0, 0.05) is 25.1 Å². The molecule has 4 rings (SSSR count). The van der Waals surface area contributed by atoms with Crippen molar-refractivity contribution >= 4 is 22.8 Å². The van der Waals surface area contributed by atoms with Gasteiger partial charge in [0.1, 0.15) is 5.82 Å². The smallest absolute Gasteiger partial charge is 0.300 e. The van der Waals surface area contributed by atoms with E-state index in [1.807, 2.05) is 12.3 Å². The molecule has 1 fully saturated rings. The van der Waals surface area contributed by atoms with Gasteiger partial charge in [0.2, 0.25) is 0 Å². The molecule has 1 saturated carbocycles. The van der Waals surface area contributed by atoms with Gasteiger partial charge in [0.05, 0.1) is 11.7 Å². The van der Waals surface area contributed by atoms with Crippen LogP contribution in [0.4, 0.5) is 0 Å². The molecule has 0 unspecified atom stereocenters. The van der Waals surface area contributed by atoms with Crippen molar-refractivity contribution < 1.29 is 9.90 Å². The van der Waals surface area contributed by atoms with Gasteiger partial charge in [-0.1, -0.05) is 6.42 Å². The number of nitrogens with one attached hydrogen (secondary N) is 1. The topological polar surface area (TPSA) is 122 Å². The van der Waals surface area contributed by atoms with Gasteiger partial charge in [-0.05, 0) is 25.3 Å². The van der Waals surface area contributed by atoms with Crippen LogP contribution >= 0.6 is 0 Å². The zero-order valence-electron chi connectivity index (χ0n) is 12.9. The second-order valence-electron chi connectivity index (χ2n) is 5.86. The van der Waals surface area contributed by atoms with E-state index >= 15 is 0 Å². The monoisotopic (exact) mass is 316 g/mol. The van der Waals surface area contributed by atoms with Crippen LogP contribution in [-0.2, 0) is 4.79 Å². The van der Waals surface area contributed by atoms with Crippen LogP contribution in [0.5, 0.6) is 0 Å². The van der Waals surface area contributed by atoms with Crippen molar-refractivity contribution in [3.63, 3.8) is 0 Å². The van der Waals surface area contributed by atoms with E-state index in [0.717, 1.165) is 48.8 Å². The fraction of sp³-hybridized carbons (Fsp3) is 0.467. The molecule has 0 spiro atoms. The van der Waals surface area contributed by atoms with Crippen LogP contribution in [0.2, 0.25) is 0 Å². The Morgan fingerprint density at radius 1 is 1.43 bits per heavy atom. The zero-order valence-corrected chi connectivity index (χ0v) is 12.9. The summed E-state index contributed by atoms with van der Waals surface area (Å²) >= 11 is 0. The van der Waals surface area contributed by atoms with Crippen molar-refractivity contribution in [2.75, 3.05) is 0 Å². The number of carboxylic acid groups (broad SMARTS) is 1. The Kier molecular flexibility index (Phi) is 4.24. The van der Waals surface area contributed by atoms with Crippen molar-refractivity contribution in [3.8, 4) is 0 Å². The summed E-state index contributed by atoms with van der Waals surface area (Å²) < 4.78 is 2.11. The van der Waals surface area contributed by atoms with Gasteiger partial charge in [-0.2, -0.15) is 0 Å². The molecule has 3 aromatic rings. The molecule has 0 radical (unpaired) electrons. The summed E-state index contributed by atoms with van der Waals surface area (Å²) in [5, 5.41) is 16.0. The van der Waals surface area contributed by atoms with Crippen LogP contribution in [0.15, 0.2) is 18.5 Å². The summed E-state index contributed by atoms with van der Waals surface area (Å²) in [7, 11) is 0. The molecule has 3 heterocycles. The van der Waals surface area contributed by atoms with Crippen LogP contribution in [-0.4, -0.2) is 41.7 Å². The van der Waals surface area contributed by atoms with E-state index in [2.05, 4.69) is 24.6 Å². The van der Waals surface area contributed by atoms with E-state index in [9.17, 15) is 0 Å². The van der Waals surface area contributed by atoms with Crippen molar-refractivity contribution in [2.45, 2.75) is 44.6 Å². The number of nitrogens with two attached hydrogens (primary N) is 1. The van der Waals surface area contributed by atoms with Gasteiger partial charge < -0.3 is 15.8 Å². The molecule has 8 heteroatoms. The molecule has 0 aliphatic heterocycles. The number of aromatic amines is 1. The summed E-state index contributed by atoms with van der Waals surface area (Å²) in [5.41, 5.74) is 8.81. The normalized spacial score (nSPS) is 21.1. The van der Waals surface area contributed by atoms with Crippen LogP contribution in [0.1, 0.15) is 44.3 Å². The molecule has 4 N–H and O–H groups in total. The molecule has 0 aromatic carbocycles. The van der Waals surface area contributed by atoms with Gasteiger partial charge in [0.15, 0.2) is 11.3 Å². The van der Waals surface area contributed by atoms with E-state index in [-0.39, 0.29) is 6.04 Å². The maximum absolute atomic E-state index is 9.00. The molecule has 3 aromatic heterocycles. The average Bonchev–Trinajstić information content (AvgIpc) is 3.12. The number of hydrogen-bond acceptors (Lipinski definition) is 5. The number of carbonyl (C=O) groups is 1. The number of hydrogen-bond donors (Lipinski definition) is 3.